The Hall–Kier alpha value is -3.42. The van der Waals surface area contributed by atoms with Crippen molar-refractivity contribution in [1.29, 1.82) is 0 Å². The maximum atomic E-state index is 12.0. The van der Waals surface area contributed by atoms with Gasteiger partial charge >= 0.3 is 5.97 Å². The minimum absolute atomic E-state index is 0.0812. The number of fused-ring (bicyclic) bond motifs is 1. The molecule has 128 valence electrons. The molecule has 0 aromatic heterocycles. The van der Waals surface area contributed by atoms with Gasteiger partial charge in [-0.15, -0.1) is 0 Å². The Balaban J connectivity index is 2.12. The van der Waals surface area contributed by atoms with Crippen LogP contribution in [0.25, 0.3) is 11.3 Å². The lowest BCUT2D eigenvalue weighted by molar-refractivity contribution is -0.121. The SMILES string of the molecule is COC(=O)c1cn(C(Cc2ccccc2)C(N)=O)cc2c(=O)[nH]nc1-2. The minimum atomic E-state index is -0.774. The molecule has 1 aromatic carbocycles. The van der Waals surface area contributed by atoms with E-state index in [1.54, 1.807) is 0 Å². The predicted octanol–water partition coefficient (Wildman–Crippen LogP) is 0.732. The summed E-state index contributed by atoms with van der Waals surface area (Å²) in [5.41, 5.74) is 6.45. The number of primary amides is 1. The number of carbonyl (C=O) groups excluding carboxylic acids is 2. The number of pyridine rings is 1. The molecule has 1 unspecified atom stereocenters. The van der Waals surface area contributed by atoms with E-state index in [-0.39, 0.29) is 16.8 Å². The number of H-pyrrole nitrogens is 1. The summed E-state index contributed by atoms with van der Waals surface area (Å²) >= 11 is 0. The van der Waals surface area contributed by atoms with Crippen LogP contribution in [0.4, 0.5) is 0 Å². The lowest BCUT2D eigenvalue weighted by Crippen LogP contribution is -2.29. The fourth-order valence-corrected chi connectivity index (χ4v) is 2.69. The van der Waals surface area contributed by atoms with Crippen LogP contribution in [0.2, 0.25) is 0 Å². The van der Waals surface area contributed by atoms with Crippen LogP contribution in [0, 0.1) is 0 Å². The van der Waals surface area contributed by atoms with Gasteiger partial charge in [0.25, 0.3) is 5.56 Å². The number of hydrogen-bond acceptors (Lipinski definition) is 5. The smallest absolute Gasteiger partial charge is 0.341 e. The number of nitrogens with zero attached hydrogens (tertiary/aromatic N) is 2. The quantitative estimate of drug-likeness (QED) is 0.664. The molecular weight excluding hydrogens is 324 g/mol. The second-order valence-corrected chi connectivity index (χ2v) is 5.53. The van der Waals surface area contributed by atoms with Crippen LogP contribution in [-0.4, -0.2) is 33.8 Å². The molecule has 8 nitrogen and oxygen atoms in total. The molecule has 2 aliphatic heterocycles. The first kappa shape index (κ1) is 16.4. The highest BCUT2D eigenvalue weighted by molar-refractivity contribution is 5.96. The molecule has 0 bridgehead atoms. The molecular formula is C17H16N4O4. The second kappa shape index (κ2) is 6.60. The maximum Gasteiger partial charge on any atom is 0.341 e. The summed E-state index contributed by atoms with van der Waals surface area (Å²) in [6.45, 7) is 0. The van der Waals surface area contributed by atoms with Crippen molar-refractivity contribution in [2.24, 2.45) is 5.73 Å². The molecule has 2 heterocycles. The van der Waals surface area contributed by atoms with E-state index in [1.807, 2.05) is 30.3 Å². The van der Waals surface area contributed by atoms with Crippen molar-refractivity contribution in [2.45, 2.75) is 12.5 Å². The van der Waals surface area contributed by atoms with E-state index in [1.165, 1.54) is 24.1 Å². The van der Waals surface area contributed by atoms with E-state index in [9.17, 15) is 14.4 Å². The molecule has 3 N–H and O–H groups in total. The molecule has 0 spiro atoms. The Morgan fingerprint density at radius 1 is 1.28 bits per heavy atom. The van der Waals surface area contributed by atoms with E-state index in [0.717, 1.165) is 5.56 Å². The molecule has 0 saturated carbocycles. The number of nitrogens with one attached hydrogen (secondary N) is 1. The first-order chi connectivity index (χ1) is 12.0. The van der Waals surface area contributed by atoms with Gasteiger partial charge in [0.2, 0.25) is 5.91 Å². The van der Waals surface area contributed by atoms with Crippen molar-refractivity contribution in [3.63, 3.8) is 0 Å². The van der Waals surface area contributed by atoms with Gasteiger partial charge in [-0.25, -0.2) is 9.89 Å². The highest BCUT2D eigenvalue weighted by Crippen LogP contribution is 2.24. The predicted molar refractivity (Wildman–Crippen MR) is 89.2 cm³/mol. The Labute approximate surface area is 142 Å². The van der Waals surface area contributed by atoms with Crippen molar-refractivity contribution < 1.29 is 14.3 Å². The van der Waals surface area contributed by atoms with Crippen LogP contribution in [0.5, 0.6) is 0 Å². The van der Waals surface area contributed by atoms with Crippen LogP contribution >= 0.6 is 0 Å². The molecule has 25 heavy (non-hydrogen) atoms. The summed E-state index contributed by atoms with van der Waals surface area (Å²) in [4.78, 5) is 36.0. The fourth-order valence-electron chi connectivity index (χ4n) is 2.69. The van der Waals surface area contributed by atoms with E-state index < -0.39 is 23.5 Å². The zero-order valence-electron chi connectivity index (χ0n) is 13.4. The Kier molecular flexibility index (Phi) is 4.34. The molecule has 3 rings (SSSR count). The van der Waals surface area contributed by atoms with Crippen LogP contribution in [0.1, 0.15) is 22.0 Å². The number of carbonyl (C=O) groups is 2. The van der Waals surface area contributed by atoms with Gasteiger partial charge < -0.3 is 15.0 Å². The summed E-state index contributed by atoms with van der Waals surface area (Å²) in [7, 11) is 1.23. The molecule has 1 aromatic rings. The molecule has 0 aliphatic carbocycles. The average Bonchev–Trinajstić information content (AvgIpc) is 3.00. The minimum Gasteiger partial charge on any atom is -0.465 e. The number of ether oxygens (including phenoxy) is 1. The first-order valence-corrected chi connectivity index (χ1v) is 7.52. The van der Waals surface area contributed by atoms with Gasteiger partial charge in [-0.3, -0.25) is 9.59 Å². The van der Waals surface area contributed by atoms with Gasteiger partial charge in [-0.2, -0.15) is 5.10 Å². The molecule has 0 radical (unpaired) electrons. The van der Waals surface area contributed by atoms with Crippen LogP contribution in [0.15, 0.2) is 47.5 Å². The number of aromatic nitrogens is 3. The van der Waals surface area contributed by atoms with E-state index in [2.05, 4.69) is 10.2 Å². The van der Waals surface area contributed by atoms with Crippen LogP contribution in [-0.2, 0) is 16.0 Å². The lowest BCUT2D eigenvalue weighted by atomic mass is 10.0. The zero-order valence-corrected chi connectivity index (χ0v) is 13.4. The number of rotatable bonds is 5. The monoisotopic (exact) mass is 340 g/mol. The van der Waals surface area contributed by atoms with E-state index in [4.69, 9.17) is 10.5 Å². The number of benzene rings is 1. The summed E-state index contributed by atoms with van der Waals surface area (Å²) in [6, 6.07) is 8.54. The third-order valence-corrected chi connectivity index (χ3v) is 3.95. The van der Waals surface area contributed by atoms with Crippen molar-refractivity contribution in [2.75, 3.05) is 7.11 Å². The fraction of sp³-hybridized carbons (Fsp3) is 0.176. The molecule has 0 fully saturated rings. The Bertz CT molecular complexity index is 945. The lowest BCUT2D eigenvalue weighted by Gasteiger charge is -2.19. The average molecular weight is 340 g/mol. The number of hydrogen-bond donors (Lipinski definition) is 2. The normalized spacial score (nSPS) is 12.0. The highest BCUT2D eigenvalue weighted by atomic mass is 16.5. The highest BCUT2D eigenvalue weighted by Gasteiger charge is 2.26. The van der Waals surface area contributed by atoms with Crippen LogP contribution < -0.4 is 11.3 Å². The van der Waals surface area contributed by atoms with Gasteiger partial charge in [-0.05, 0) is 5.56 Å². The standard InChI is InChI=1S/C17H16N4O4/c1-25-17(24)12-9-21(8-11-14(12)19-20-16(11)23)13(15(18)22)7-10-5-3-2-4-6-10/h2-6,8-9,13H,7H2,1H3,(H2,18,22)(H,20,23). The van der Waals surface area contributed by atoms with Crippen LogP contribution in [0.3, 0.4) is 0 Å². The number of aromatic amines is 1. The Morgan fingerprint density at radius 3 is 2.64 bits per heavy atom. The topological polar surface area (TPSA) is 120 Å². The van der Waals surface area contributed by atoms with Gasteiger partial charge in [0, 0.05) is 18.8 Å². The zero-order chi connectivity index (χ0) is 18.0. The van der Waals surface area contributed by atoms with E-state index >= 15 is 0 Å². The number of amides is 1. The Morgan fingerprint density at radius 2 is 2.00 bits per heavy atom. The second-order valence-electron chi connectivity index (χ2n) is 5.53. The summed E-state index contributed by atoms with van der Waals surface area (Å²) in [5, 5.41) is 6.15. The van der Waals surface area contributed by atoms with Gasteiger partial charge in [0.05, 0.1) is 12.7 Å². The van der Waals surface area contributed by atoms with Crippen molar-refractivity contribution in [3.05, 3.63) is 64.2 Å². The van der Waals surface area contributed by atoms with Crippen molar-refractivity contribution in [3.8, 4) is 11.3 Å². The van der Waals surface area contributed by atoms with Gasteiger partial charge in [0.1, 0.15) is 17.3 Å². The van der Waals surface area contributed by atoms with Gasteiger partial charge in [-0.1, -0.05) is 30.3 Å². The third-order valence-electron chi connectivity index (χ3n) is 3.95. The molecule has 2 aliphatic rings. The maximum absolute atomic E-state index is 12.0. The van der Waals surface area contributed by atoms with Crippen molar-refractivity contribution in [1.82, 2.24) is 14.8 Å². The van der Waals surface area contributed by atoms with E-state index in [0.29, 0.717) is 6.42 Å². The number of nitrogens with two attached hydrogens (primary N) is 1. The number of methoxy groups -OCH3 is 1. The summed E-state index contributed by atoms with van der Waals surface area (Å²) in [5.74, 6) is -1.24. The summed E-state index contributed by atoms with van der Waals surface area (Å²) in [6.07, 6.45) is 3.21. The summed E-state index contributed by atoms with van der Waals surface area (Å²) < 4.78 is 6.20. The molecule has 0 saturated heterocycles. The number of esters is 1. The molecule has 1 amide bonds. The molecule has 8 heteroatoms. The largest absolute Gasteiger partial charge is 0.465 e. The van der Waals surface area contributed by atoms with Gasteiger partial charge in [0.15, 0.2) is 0 Å². The third kappa shape index (κ3) is 3.14. The first-order valence-electron chi connectivity index (χ1n) is 7.52. The van der Waals surface area contributed by atoms with Crippen molar-refractivity contribution >= 4 is 11.9 Å². The molecule has 1 atom stereocenters.